The van der Waals surface area contributed by atoms with E-state index in [0.717, 1.165) is 9.26 Å². The minimum atomic E-state index is -0.386. The Morgan fingerprint density at radius 2 is 2.38 bits per heavy atom. The van der Waals surface area contributed by atoms with Crippen molar-refractivity contribution < 1.29 is 15.0 Å². The van der Waals surface area contributed by atoms with Gasteiger partial charge in [0.2, 0.25) is 2.86 Å². The molecule has 4 nitrogen and oxygen atoms in total. The summed E-state index contributed by atoms with van der Waals surface area (Å²) in [5, 5.41) is 0. The number of carbonyl (C=O) groups is 1. The van der Waals surface area contributed by atoms with Gasteiger partial charge in [0.15, 0.2) is 5.69 Å². The van der Waals surface area contributed by atoms with Crippen LogP contribution in [0.2, 0.25) is 0 Å². The maximum absolute atomic E-state index is 11.1. The van der Waals surface area contributed by atoms with Crippen LogP contribution in [-0.4, -0.2) is 26.4 Å². The lowest BCUT2D eigenvalue weighted by Crippen LogP contribution is -2.07. The van der Waals surface area contributed by atoms with Crippen molar-refractivity contribution >= 4 is 28.6 Å². The number of halogens is 1. The molecule has 0 amide bonds. The van der Waals surface area contributed by atoms with Crippen LogP contribution in [-0.2, 0) is 4.74 Å². The van der Waals surface area contributed by atoms with E-state index in [1.807, 2.05) is 19.1 Å². The number of hydrogen-bond donors (Lipinski definition) is 0. The Morgan fingerprint density at radius 1 is 1.77 bits per heavy atom. The van der Waals surface area contributed by atoms with E-state index in [1.54, 1.807) is 0 Å². The number of pyridine rings is 1. The van der Waals surface area contributed by atoms with Crippen LogP contribution in [0.4, 0.5) is 0 Å². The third-order valence-electron chi connectivity index (χ3n) is 1.36. The second-order valence-corrected chi connectivity index (χ2v) is 3.44. The number of carbonyl (C=O) groups excluding carboxylic acids is 1. The van der Waals surface area contributed by atoms with E-state index in [1.165, 1.54) is 7.11 Å². The third-order valence-corrected chi connectivity index (χ3v) is 2.23. The van der Waals surface area contributed by atoms with Crippen LogP contribution in [0.3, 0.4) is 0 Å². The predicted octanol–water partition coefficient (Wildman–Crippen LogP) is 0.957. The van der Waals surface area contributed by atoms with E-state index < -0.39 is 0 Å². The first kappa shape index (κ1) is 8.89. The number of aryl methyl sites for hydroxylation is 1. The number of hydrogen-bond acceptors (Lipinski definition) is 3. The highest BCUT2D eigenvalue weighted by atomic mass is 127. The maximum atomic E-state index is 11.1. The second kappa shape index (κ2) is 5.13. The molecule has 0 aliphatic heterocycles. The van der Waals surface area contributed by atoms with E-state index in [0.29, 0.717) is 5.69 Å². The number of nitrogens with zero attached hydrogens (tertiary/aromatic N) is 1. The highest BCUT2D eigenvalue weighted by Gasteiger charge is 2.11. The standard InChI is InChI=1S/C8H8INO2.H2O/c1-5-3-4-6(9)7(10-5)8(11)12-2;/h3-4H,1-2H3;1H2/i/hD2. The zero-order valence-electron chi connectivity index (χ0n) is 9.20. The average Bonchev–Trinajstić information content (AvgIpc) is 2.22. The molecule has 0 radical (unpaired) electrons. The van der Waals surface area contributed by atoms with E-state index in [-0.39, 0.29) is 5.97 Å². The summed E-state index contributed by atoms with van der Waals surface area (Å²) in [4.78, 5) is 15.2. The fourth-order valence-corrected chi connectivity index (χ4v) is 1.30. The van der Waals surface area contributed by atoms with Gasteiger partial charge in [0.05, 0.1) is 7.11 Å². The van der Waals surface area contributed by atoms with E-state index >= 15 is 0 Å². The van der Waals surface area contributed by atoms with Crippen molar-refractivity contribution in [2.24, 2.45) is 0 Å². The van der Waals surface area contributed by atoms with Gasteiger partial charge in [-0.2, -0.15) is 0 Å². The third kappa shape index (κ3) is 2.92. The van der Waals surface area contributed by atoms with Crippen LogP contribution in [0.5, 0.6) is 0 Å². The van der Waals surface area contributed by atoms with E-state index in [2.05, 4.69) is 37.8 Å². The number of aromatic nitrogens is 1. The highest BCUT2D eigenvalue weighted by Crippen LogP contribution is 2.11. The summed E-state index contributed by atoms with van der Waals surface area (Å²) in [6.45, 7) is 1.84. The van der Waals surface area contributed by atoms with Gasteiger partial charge in [-0.05, 0) is 41.6 Å². The van der Waals surface area contributed by atoms with Crippen molar-refractivity contribution in [3.05, 3.63) is 27.1 Å². The average molecular weight is 297 g/mol. The number of ether oxygens (including phenoxy) is 1. The molecule has 5 heteroatoms. The minimum absolute atomic E-state index is 0.386. The van der Waals surface area contributed by atoms with Gasteiger partial charge in [0, 0.05) is 9.26 Å². The lowest BCUT2D eigenvalue weighted by Gasteiger charge is -2.01. The van der Waals surface area contributed by atoms with Gasteiger partial charge in [0.1, 0.15) is 0 Å². The van der Waals surface area contributed by atoms with Gasteiger partial charge in [-0.15, -0.1) is 0 Å². The van der Waals surface area contributed by atoms with Crippen LogP contribution in [0.15, 0.2) is 12.1 Å². The first-order valence-corrected chi connectivity index (χ1v) is 4.44. The van der Waals surface area contributed by atoms with Crippen molar-refractivity contribution in [1.82, 2.24) is 4.98 Å². The quantitative estimate of drug-likeness (QED) is 0.572. The molecule has 0 spiro atoms. The molecular formula is C8H10INO3. The van der Waals surface area contributed by atoms with Crippen LogP contribution in [0, 0.1) is 10.5 Å². The van der Waals surface area contributed by atoms with Crippen LogP contribution >= 0.6 is 22.6 Å². The predicted molar refractivity (Wildman–Crippen MR) is 56.6 cm³/mol. The van der Waals surface area contributed by atoms with E-state index in [9.17, 15) is 4.79 Å². The number of methoxy groups -OCH3 is 1. The van der Waals surface area contributed by atoms with Crippen LogP contribution < -0.4 is 0 Å². The Balaban J connectivity index is 0.000000583. The fourth-order valence-electron chi connectivity index (χ4n) is 0.780. The number of esters is 1. The van der Waals surface area contributed by atoms with Gasteiger partial charge >= 0.3 is 5.97 Å². The molecule has 0 aliphatic carbocycles. The molecule has 1 heterocycles. The fraction of sp³-hybridized carbons (Fsp3) is 0.250. The topological polar surface area (TPSA) is 70.7 Å². The summed E-state index contributed by atoms with van der Waals surface area (Å²) < 4.78 is 16.1. The molecule has 0 saturated heterocycles. The molecule has 0 saturated carbocycles. The van der Waals surface area contributed by atoms with Crippen molar-refractivity contribution in [3.63, 3.8) is 0 Å². The molecule has 72 valence electrons. The van der Waals surface area contributed by atoms with Gasteiger partial charge in [-0.25, -0.2) is 9.78 Å². The Labute approximate surface area is 92.7 Å². The van der Waals surface area contributed by atoms with Crippen LogP contribution in [0.1, 0.15) is 16.2 Å². The molecule has 0 aromatic carbocycles. The first-order chi connectivity index (χ1) is 7.06. The van der Waals surface area contributed by atoms with Crippen molar-refractivity contribution in [3.8, 4) is 0 Å². The highest BCUT2D eigenvalue weighted by molar-refractivity contribution is 14.1. The molecule has 0 atom stereocenters. The summed E-state index contributed by atoms with van der Waals surface area (Å²) in [5.74, 6) is -0.386. The molecule has 2 N–H and O–H groups in total. The molecule has 0 aliphatic rings. The summed E-state index contributed by atoms with van der Waals surface area (Å²) in [6.07, 6.45) is 0. The molecule has 0 bridgehead atoms. The molecule has 1 aromatic rings. The summed E-state index contributed by atoms with van der Waals surface area (Å²) in [5.41, 5.74) is 3.95. The molecule has 0 fully saturated rings. The summed E-state index contributed by atoms with van der Waals surface area (Å²) in [6, 6.07) is 3.70. The zero-order valence-corrected chi connectivity index (χ0v) is 9.36. The lowest BCUT2D eigenvalue weighted by atomic mass is 10.3. The SMILES string of the molecule is COC(=O)c1nc(C)ccc1I.[2H]O[2H]. The summed E-state index contributed by atoms with van der Waals surface area (Å²) >= 11 is 2.05. The van der Waals surface area contributed by atoms with Crippen molar-refractivity contribution in [1.29, 1.82) is 2.86 Å². The Kier molecular flexibility index (Phi) is 3.51. The van der Waals surface area contributed by atoms with Crippen molar-refractivity contribution in [2.75, 3.05) is 7.11 Å². The second-order valence-electron chi connectivity index (χ2n) is 2.27. The van der Waals surface area contributed by atoms with Crippen molar-refractivity contribution in [2.45, 2.75) is 6.92 Å². The Hall–Kier alpha value is -0.690. The molecule has 13 heavy (non-hydrogen) atoms. The summed E-state index contributed by atoms with van der Waals surface area (Å²) in [7, 11) is 1.35. The van der Waals surface area contributed by atoms with Gasteiger partial charge in [-0.3, -0.25) is 0 Å². The molecule has 1 aromatic heterocycles. The van der Waals surface area contributed by atoms with Gasteiger partial charge < -0.3 is 10.2 Å². The van der Waals surface area contributed by atoms with Crippen LogP contribution in [0.25, 0.3) is 0 Å². The zero-order chi connectivity index (χ0) is 11.8. The molecular weight excluding hydrogens is 285 g/mol. The molecule has 1 rings (SSSR count). The monoisotopic (exact) mass is 297 g/mol. The first-order valence-electron chi connectivity index (χ1n) is 4.18. The number of rotatable bonds is 1. The maximum Gasteiger partial charge on any atom is 0.357 e. The smallest absolute Gasteiger partial charge is 0.357 e. The largest absolute Gasteiger partial charge is 0.464 e. The molecule has 0 unspecified atom stereocenters. The normalized spacial score (nSPS) is 10.4. The van der Waals surface area contributed by atoms with Gasteiger partial charge in [-0.1, -0.05) is 0 Å². The Morgan fingerprint density at radius 3 is 2.92 bits per heavy atom. The lowest BCUT2D eigenvalue weighted by molar-refractivity contribution is 0.0592. The Bertz CT molecular complexity index is 336. The minimum Gasteiger partial charge on any atom is -0.464 e. The van der Waals surface area contributed by atoms with E-state index in [4.69, 9.17) is 2.86 Å². The van der Waals surface area contributed by atoms with Gasteiger partial charge in [0.25, 0.3) is 0 Å².